The zero-order chi connectivity index (χ0) is 16.5. The van der Waals surface area contributed by atoms with Crippen molar-refractivity contribution in [2.24, 2.45) is 16.7 Å². The van der Waals surface area contributed by atoms with Crippen molar-refractivity contribution in [2.75, 3.05) is 12.9 Å². The smallest absolute Gasteiger partial charge is 0.215 e. The van der Waals surface area contributed by atoms with Gasteiger partial charge in [0.1, 0.15) is 0 Å². The van der Waals surface area contributed by atoms with Crippen LogP contribution < -0.4 is 4.74 Å². The average molecular weight is 336 g/mol. The van der Waals surface area contributed by atoms with E-state index in [1.165, 1.54) is 6.42 Å². The first-order valence-corrected chi connectivity index (χ1v) is 9.89. The fourth-order valence-corrected chi connectivity index (χ4v) is 7.97. The molecule has 0 amide bonds. The molecule has 1 aliphatic heterocycles. The Hall–Kier alpha value is -1.14. The monoisotopic (exact) mass is 336 g/mol. The lowest BCUT2D eigenvalue weighted by Crippen LogP contribution is -2.41. The van der Waals surface area contributed by atoms with Crippen LogP contribution in [0.4, 0.5) is 0 Å². The molecule has 0 N–H and O–H groups in total. The number of pyridine rings is 1. The predicted molar refractivity (Wildman–Crippen MR) is 87.5 cm³/mol. The summed E-state index contributed by atoms with van der Waals surface area (Å²) in [6.45, 7) is 4.98. The second-order valence-corrected chi connectivity index (χ2v) is 9.79. The summed E-state index contributed by atoms with van der Waals surface area (Å²) in [5, 5.41) is 0. The van der Waals surface area contributed by atoms with E-state index in [0.717, 1.165) is 18.4 Å². The predicted octanol–water partition coefficient (Wildman–Crippen LogP) is 2.43. The number of fused-ring (bicyclic) bond motifs is 1. The van der Waals surface area contributed by atoms with Crippen LogP contribution in [0.25, 0.3) is 0 Å². The maximum atomic E-state index is 12.9. The fraction of sp³-hybridized carbons (Fsp3) is 0.706. The summed E-state index contributed by atoms with van der Waals surface area (Å²) in [4.78, 5) is 4.11. The molecule has 2 heterocycles. The Morgan fingerprint density at radius 2 is 2.22 bits per heavy atom. The third-order valence-corrected chi connectivity index (χ3v) is 8.86. The van der Waals surface area contributed by atoms with Crippen molar-refractivity contribution in [3.8, 4) is 5.88 Å². The standard InChI is InChI=1S/C17H24N2O3S/c1-16(2)13-4-6-17(16)11-23(20,21)19(14(17)9-13)10-12-5-7-18-15(8-12)22-3/h5,7-8,13-14H,4,6,9-11H2,1-3H3/t13-,14+,17?/m1/s1. The van der Waals surface area contributed by atoms with Gasteiger partial charge in [-0.3, -0.25) is 0 Å². The third kappa shape index (κ3) is 1.94. The van der Waals surface area contributed by atoms with Crippen LogP contribution in [0.2, 0.25) is 0 Å². The molecule has 0 radical (unpaired) electrons. The van der Waals surface area contributed by atoms with Crippen LogP contribution in [0, 0.1) is 16.7 Å². The molecule has 3 atom stereocenters. The largest absolute Gasteiger partial charge is 0.481 e. The van der Waals surface area contributed by atoms with Gasteiger partial charge in [-0.1, -0.05) is 13.8 Å². The van der Waals surface area contributed by atoms with Gasteiger partial charge in [-0.15, -0.1) is 0 Å². The van der Waals surface area contributed by atoms with E-state index >= 15 is 0 Å². The third-order valence-electron chi connectivity index (χ3n) is 6.88. The first-order chi connectivity index (χ1) is 10.8. The highest BCUT2D eigenvalue weighted by Crippen LogP contribution is 2.70. The molecule has 1 aromatic rings. The number of methoxy groups -OCH3 is 1. The molecule has 5 nitrogen and oxygen atoms in total. The number of hydrogen-bond donors (Lipinski definition) is 0. The Kier molecular flexibility index (Phi) is 3.14. The van der Waals surface area contributed by atoms with Gasteiger partial charge >= 0.3 is 0 Å². The summed E-state index contributed by atoms with van der Waals surface area (Å²) in [7, 11) is -1.63. The SMILES string of the molecule is COc1cc(CN2[C@H]3C[C@H]4CCC3(CS2(=O)=O)C4(C)C)ccn1. The maximum Gasteiger partial charge on any atom is 0.215 e. The van der Waals surface area contributed by atoms with Crippen molar-refractivity contribution in [1.29, 1.82) is 0 Å². The number of ether oxygens (including phenoxy) is 1. The molecule has 23 heavy (non-hydrogen) atoms. The van der Waals surface area contributed by atoms with E-state index < -0.39 is 10.0 Å². The molecule has 0 aromatic carbocycles. The van der Waals surface area contributed by atoms with E-state index in [2.05, 4.69) is 18.8 Å². The van der Waals surface area contributed by atoms with Crippen LogP contribution in [-0.2, 0) is 16.6 Å². The minimum atomic E-state index is -3.21. The lowest BCUT2D eigenvalue weighted by molar-refractivity contribution is 0.112. The summed E-state index contributed by atoms with van der Waals surface area (Å²) in [5.41, 5.74) is 1.00. The first kappa shape index (κ1) is 15.4. The minimum absolute atomic E-state index is 0.0619. The number of rotatable bonds is 3. The minimum Gasteiger partial charge on any atom is -0.481 e. The van der Waals surface area contributed by atoms with Gasteiger partial charge < -0.3 is 4.74 Å². The summed E-state index contributed by atoms with van der Waals surface area (Å²) in [6, 6.07) is 3.86. The Balaban J connectivity index is 1.69. The quantitative estimate of drug-likeness (QED) is 0.850. The van der Waals surface area contributed by atoms with Gasteiger partial charge in [-0.25, -0.2) is 13.4 Å². The van der Waals surface area contributed by atoms with E-state index in [9.17, 15) is 8.42 Å². The lowest BCUT2D eigenvalue weighted by atomic mass is 9.69. The van der Waals surface area contributed by atoms with Crippen molar-refractivity contribution in [3.05, 3.63) is 23.9 Å². The molecular formula is C17H24N2O3S. The highest BCUT2D eigenvalue weighted by atomic mass is 32.2. The van der Waals surface area contributed by atoms with Gasteiger partial charge in [-0.2, -0.15) is 4.31 Å². The zero-order valence-corrected chi connectivity index (χ0v) is 14.8. The average Bonchev–Trinajstić information content (AvgIpc) is 2.97. The van der Waals surface area contributed by atoms with Crippen LogP contribution >= 0.6 is 0 Å². The summed E-state index contributed by atoms with van der Waals surface area (Å²) >= 11 is 0. The number of sulfonamides is 1. The summed E-state index contributed by atoms with van der Waals surface area (Å²) < 4.78 is 32.7. The van der Waals surface area contributed by atoms with Crippen molar-refractivity contribution >= 4 is 10.0 Å². The van der Waals surface area contributed by atoms with E-state index in [1.54, 1.807) is 17.6 Å². The van der Waals surface area contributed by atoms with E-state index in [4.69, 9.17) is 4.74 Å². The highest BCUT2D eigenvalue weighted by Gasteiger charge is 2.71. The Labute approximate surface area is 138 Å². The van der Waals surface area contributed by atoms with Crippen molar-refractivity contribution < 1.29 is 13.2 Å². The highest BCUT2D eigenvalue weighted by molar-refractivity contribution is 7.89. The second kappa shape index (κ2) is 4.70. The molecule has 2 aliphatic carbocycles. The van der Waals surface area contributed by atoms with Gasteiger partial charge in [0, 0.05) is 30.3 Å². The Bertz CT molecular complexity index is 746. The van der Waals surface area contributed by atoms with Crippen LogP contribution in [0.5, 0.6) is 5.88 Å². The Morgan fingerprint density at radius 1 is 1.43 bits per heavy atom. The molecule has 1 saturated heterocycles. The number of nitrogens with zero attached hydrogens (tertiary/aromatic N) is 2. The Morgan fingerprint density at radius 3 is 2.91 bits per heavy atom. The molecule has 1 spiro atoms. The first-order valence-electron chi connectivity index (χ1n) is 8.29. The second-order valence-electron chi connectivity index (χ2n) is 7.87. The molecule has 6 heteroatoms. The maximum absolute atomic E-state index is 12.9. The molecule has 3 aliphatic rings. The topological polar surface area (TPSA) is 59.5 Å². The van der Waals surface area contributed by atoms with Gasteiger partial charge in [0.05, 0.1) is 12.9 Å². The van der Waals surface area contributed by atoms with Gasteiger partial charge in [0.25, 0.3) is 0 Å². The van der Waals surface area contributed by atoms with Crippen LogP contribution in [0.3, 0.4) is 0 Å². The molecule has 1 aromatic heterocycles. The van der Waals surface area contributed by atoms with Gasteiger partial charge in [-0.05, 0) is 42.2 Å². The van der Waals surface area contributed by atoms with Crippen LogP contribution in [0.1, 0.15) is 38.7 Å². The summed E-state index contributed by atoms with van der Waals surface area (Å²) in [6.07, 6.45) is 4.91. The summed E-state index contributed by atoms with van der Waals surface area (Å²) in [5.74, 6) is 1.50. The number of aromatic nitrogens is 1. The van der Waals surface area contributed by atoms with Crippen LogP contribution in [-0.4, -0.2) is 36.6 Å². The lowest BCUT2D eigenvalue weighted by Gasteiger charge is -2.37. The molecule has 126 valence electrons. The van der Waals surface area contributed by atoms with Crippen LogP contribution in [0.15, 0.2) is 18.3 Å². The van der Waals surface area contributed by atoms with E-state index in [0.29, 0.717) is 24.1 Å². The van der Waals surface area contributed by atoms with Crippen molar-refractivity contribution in [3.63, 3.8) is 0 Å². The molecular weight excluding hydrogens is 312 g/mol. The van der Waals surface area contributed by atoms with Gasteiger partial charge in [0.15, 0.2) is 0 Å². The van der Waals surface area contributed by atoms with Crippen molar-refractivity contribution in [1.82, 2.24) is 9.29 Å². The molecule has 2 saturated carbocycles. The van der Waals surface area contributed by atoms with E-state index in [-0.39, 0.29) is 16.9 Å². The van der Waals surface area contributed by atoms with Gasteiger partial charge in [0.2, 0.25) is 15.9 Å². The fourth-order valence-electron chi connectivity index (χ4n) is 5.42. The molecule has 1 unspecified atom stereocenters. The molecule has 4 rings (SSSR count). The zero-order valence-electron chi connectivity index (χ0n) is 13.9. The van der Waals surface area contributed by atoms with E-state index in [1.807, 2.05) is 12.1 Å². The number of hydrogen-bond acceptors (Lipinski definition) is 4. The van der Waals surface area contributed by atoms with Crippen molar-refractivity contribution in [2.45, 2.75) is 45.7 Å². The molecule has 2 bridgehead atoms. The molecule has 3 fully saturated rings. The normalized spacial score (nSPS) is 37.0.